The van der Waals surface area contributed by atoms with Crippen molar-refractivity contribution in [2.24, 2.45) is 4.99 Å². The summed E-state index contributed by atoms with van der Waals surface area (Å²) < 4.78 is 18.2. The maximum absolute atomic E-state index is 13.0. The summed E-state index contributed by atoms with van der Waals surface area (Å²) in [5.41, 5.74) is 2.51. The largest absolute Gasteiger partial charge is 0.402 e. The first kappa shape index (κ1) is 17.4. The molecule has 0 saturated heterocycles. The van der Waals surface area contributed by atoms with Crippen LogP contribution in [0.4, 0.5) is 10.1 Å². The van der Waals surface area contributed by atoms with Crippen LogP contribution in [0.5, 0.6) is 0 Å². The SMILES string of the molecule is CN(CCC#N)c1ccc(/C=C2/N=C(c3ccc(F)cc3)OC2=O)cc1. The van der Waals surface area contributed by atoms with Gasteiger partial charge in [-0.15, -0.1) is 0 Å². The fourth-order valence-electron chi connectivity index (χ4n) is 2.45. The molecule has 0 spiro atoms. The summed E-state index contributed by atoms with van der Waals surface area (Å²) in [6.45, 7) is 0.647. The number of benzene rings is 2. The Hall–Kier alpha value is -3.46. The van der Waals surface area contributed by atoms with E-state index in [1.807, 2.05) is 36.2 Å². The minimum Gasteiger partial charge on any atom is -0.402 e. The summed E-state index contributed by atoms with van der Waals surface area (Å²) in [6, 6.07) is 15.3. The molecule has 0 aromatic heterocycles. The number of nitriles is 1. The molecule has 130 valence electrons. The second kappa shape index (κ2) is 7.62. The number of esters is 1. The number of ether oxygens (including phenoxy) is 1. The van der Waals surface area contributed by atoms with Crippen LogP contribution in [0.25, 0.3) is 6.08 Å². The smallest absolute Gasteiger partial charge is 0.363 e. The molecule has 1 aliphatic rings. The molecule has 0 bridgehead atoms. The lowest BCUT2D eigenvalue weighted by Crippen LogP contribution is -2.17. The number of hydrogen-bond acceptors (Lipinski definition) is 5. The van der Waals surface area contributed by atoms with E-state index >= 15 is 0 Å². The minimum absolute atomic E-state index is 0.161. The lowest BCUT2D eigenvalue weighted by molar-refractivity contribution is -0.129. The Kier molecular flexibility index (Phi) is 5.09. The Morgan fingerprint density at radius 1 is 1.19 bits per heavy atom. The van der Waals surface area contributed by atoms with E-state index in [1.165, 1.54) is 24.3 Å². The Bertz CT molecular complexity index is 910. The summed E-state index contributed by atoms with van der Waals surface area (Å²) in [5.74, 6) is -0.747. The van der Waals surface area contributed by atoms with Crippen LogP contribution < -0.4 is 4.90 Å². The Labute approximate surface area is 150 Å². The van der Waals surface area contributed by atoms with Crippen molar-refractivity contribution >= 4 is 23.6 Å². The molecule has 0 amide bonds. The van der Waals surface area contributed by atoms with Crippen LogP contribution in [-0.4, -0.2) is 25.5 Å². The zero-order valence-electron chi connectivity index (χ0n) is 14.1. The van der Waals surface area contributed by atoms with Crippen molar-refractivity contribution in [3.8, 4) is 6.07 Å². The number of cyclic esters (lactones) is 1. The Balaban J connectivity index is 1.78. The van der Waals surface area contributed by atoms with Crippen LogP contribution >= 0.6 is 0 Å². The fourth-order valence-corrected chi connectivity index (χ4v) is 2.45. The lowest BCUT2D eigenvalue weighted by atomic mass is 10.1. The predicted molar refractivity (Wildman–Crippen MR) is 96.9 cm³/mol. The number of anilines is 1. The molecule has 1 heterocycles. The van der Waals surface area contributed by atoms with E-state index in [1.54, 1.807) is 6.08 Å². The topological polar surface area (TPSA) is 65.7 Å². The molecule has 0 fully saturated rings. The summed E-state index contributed by atoms with van der Waals surface area (Å²) in [4.78, 5) is 18.2. The Morgan fingerprint density at radius 2 is 1.88 bits per heavy atom. The standard InChI is InChI=1S/C20H16FN3O2/c1-24(12-2-11-22)17-9-3-14(4-10-17)13-18-20(25)26-19(23-18)15-5-7-16(21)8-6-15/h3-10,13H,2,12H2,1H3/b18-13+. The third kappa shape index (κ3) is 3.95. The molecule has 2 aromatic carbocycles. The molecule has 5 nitrogen and oxygen atoms in total. The van der Waals surface area contributed by atoms with Crippen molar-refractivity contribution in [3.05, 3.63) is 71.2 Å². The van der Waals surface area contributed by atoms with Crippen molar-refractivity contribution in [3.63, 3.8) is 0 Å². The predicted octanol–water partition coefficient (Wildman–Crippen LogP) is 3.52. The molecule has 3 rings (SSSR count). The van der Waals surface area contributed by atoms with Gasteiger partial charge in [0.05, 0.1) is 12.5 Å². The van der Waals surface area contributed by atoms with Crippen molar-refractivity contribution in [2.45, 2.75) is 6.42 Å². The van der Waals surface area contributed by atoms with Crippen LogP contribution in [0, 0.1) is 17.1 Å². The van der Waals surface area contributed by atoms with Gasteiger partial charge in [-0.2, -0.15) is 5.26 Å². The average molecular weight is 349 g/mol. The Morgan fingerprint density at radius 3 is 2.54 bits per heavy atom. The van der Waals surface area contributed by atoms with Crippen LogP contribution in [0.2, 0.25) is 0 Å². The summed E-state index contributed by atoms with van der Waals surface area (Å²) in [6.07, 6.45) is 2.09. The fraction of sp³-hybridized carbons (Fsp3) is 0.150. The molecule has 0 saturated carbocycles. The van der Waals surface area contributed by atoms with Gasteiger partial charge in [-0.05, 0) is 48.0 Å². The first-order chi connectivity index (χ1) is 12.6. The van der Waals surface area contributed by atoms with Crippen LogP contribution in [0.3, 0.4) is 0 Å². The molecule has 26 heavy (non-hydrogen) atoms. The van der Waals surface area contributed by atoms with Gasteiger partial charge in [0.1, 0.15) is 5.82 Å². The van der Waals surface area contributed by atoms with Crippen molar-refractivity contribution in [1.82, 2.24) is 0 Å². The third-order valence-corrected chi connectivity index (χ3v) is 3.91. The number of halogens is 1. The van der Waals surface area contributed by atoms with Gasteiger partial charge in [0, 0.05) is 24.8 Å². The van der Waals surface area contributed by atoms with Crippen LogP contribution in [-0.2, 0) is 9.53 Å². The zero-order valence-corrected chi connectivity index (χ0v) is 14.1. The van der Waals surface area contributed by atoms with Gasteiger partial charge >= 0.3 is 5.97 Å². The van der Waals surface area contributed by atoms with Crippen LogP contribution in [0.15, 0.2) is 59.2 Å². The molecule has 0 N–H and O–H groups in total. The average Bonchev–Trinajstić information content (AvgIpc) is 3.01. The van der Waals surface area contributed by atoms with E-state index < -0.39 is 5.97 Å². The van der Waals surface area contributed by atoms with Gasteiger partial charge in [-0.25, -0.2) is 14.2 Å². The molecular weight excluding hydrogens is 333 g/mol. The highest BCUT2D eigenvalue weighted by atomic mass is 19.1. The number of hydrogen-bond donors (Lipinski definition) is 0. The van der Waals surface area contributed by atoms with Gasteiger partial charge in [0.2, 0.25) is 5.90 Å². The minimum atomic E-state index is -0.542. The van der Waals surface area contributed by atoms with Crippen LogP contribution in [0.1, 0.15) is 17.5 Å². The van der Waals surface area contributed by atoms with Gasteiger partial charge < -0.3 is 9.64 Å². The molecule has 2 aromatic rings. The van der Waals surface area contributed by atoms with E-state index in [9.17, 15) is 9.18 Å². The number of aliphatic imine (C=N–C) groups is 1. The second-order valence-electron chi connectivity index (χ2n) is 5.76. The lowest BCUT2D eigenvalue weighted by Gasteiger charge is -2.17. The highest BCUT2D eigenvalue weighted by Gasteiger charge is 2.24. The first-order valence-electron chi connectivity index (χ1n) is 8.03. The molecule has 1 aliphatic heterocycles. The van der Waals surface area contributed by atoms with Crippen molar-refractivity contribution in [1.29, 1.82) is 5.26 Å². The second-order valence-corrected chi connectivity index (χ2v) is 5.76. The molecule has 0 atom stereocenters. The summed E-state index contributed by atoms with van der Waals surface area (Å²) in [7, 11) is 1.92. The van der Waals surface area contributed by atoms with Crippen molar-refractivity contribution in [2.75, 3.05) is 18.5 Å². The van der Waals surface area contributed by atoms with Gasteiger partial charge in [-0.3, -0.25) is 0 Å². The van der Waals surface area contributed by atoms with E-state index in [0.717, 1.165) is 11.3 Å². The van der Waals surface area contributed by atoms with Gasteiger partial charge in [0.25, 0.3) is 0 Å². The molecular formula is C20H16FN3O2. The highest BCUT2D eigenvalue weighted by molar-refractivity contribution is 6.12. The summed E-state index contributed by atoms with van der Waals surface area (Å²) in [5, 5.41) is 8.65. The molecule has 0 radical (unpaired) electrons. The van der Waals surface area contributed by atoms with E-state index in [0.29, 0.717) is 18.5 Å². The number of carbonyl (C=O) groups is 1. The first-order valence-corrected chi connectivity index (χ1v) is 8.03. The zero-order chi connectivity index (χ0) is 18.5. The number of carbonyl (C=O) groups excluding carboxylic acids is 1. The van der Waals surface area contributed by atoms with Gasteiger partial charge in [-0.1, -0.05) is 12.1 Å². The van der Waals surface area contributed by atoms with Gasteiger partial charge in [0.15, 0.2) is 5.70 Å². The van der Waals surface area contributed by atoms with E-state index in [4.69, 9.17) is 10.00 Å². The number of nitrogens with zero attached hydrogens (tertiary/aromatic N) is 3. The highest BCUT2D eigenvalue weighted by Crippen LogP contribution is 2.21. The summed E-state index contributed by atoms with van der Waals surface area (Å²) >= 11 is 0. The normalized spacial score (nSPS) is 14.7. The maximum Gasteiger partial charge on any atom is 0.363 e. The molecule has 6 heteroatoms. The van der Waals surface area contributed by atoms with Crippen molar-refractivity contribution < 1.29 is 13.9 Å². The number of rotatable bonds is 5. The quantitative estimate of drug-likeness (QED) is 0.612. The third-order valence-electron chi connectivity index (χ3n) is 3.91. The monoisotopic (exact) mass is 349 g/mol. The molecule has 0 aliphatic carbocycles. The maximum atomic E-state index is 13.0. The van der Waals surface area contributed by atoms with E-state index in [-0.39, 0.29) is 17.4 Å². The molecule has 0 unspecified atom stereocenters. The van der Waals surface area contributed by atoms with E-state index in [2.05, 4.69) is 11.1 Å².